The molecule has 2 rings (SSSR count). The monoisotopic (exact) mass is 278 g/mol. The van der Waals surface area contributed by atoms with Gasteiger partial charge in [0.05, 0.1) is 18.1 Å². The summed E-state index contributed by atoms with van der Waals surface area (Å²) in [6.07, 6.45) is 8.80. The molecule has 2 amide bonds. The Morgan fingerprint density at radius 3 is 2.25 bits per heavy atom. The number of nitrogens with zero attached hydrogens (tertiary/aromatic N) is 2. The maximum absolute atomic E-state index is 12.0. The molecule has 0 atom stereocenters. The molecular formula is C13H18N4O3. The molecule has 1 aliphatic rings. The quantitative estimate of drug-likeness (QED) is 0.731. The molecule has 20 heavy (non-hydrogen) atoms. The minimum Gasteiger partial charge on any atom is -0.480 e. The summed E-state index contributed by atoms with van der Waals surface area (Å²) in [5, 5.41) is 14.6. The molecule has 108 valence electrons. The van der Waals surface area contributed by atoms with Crippen LogP contribution >= 0.6 is 0 Å². The maximum Gasteiger partial charge on any atom is 0.329 e. The summed E-state index contributed by atoms with van der Waals surface area (Å²) < 4.78 is 0. The van der Waals surface area contributed by atoms with Crippen LogP contribution in [0.1, 0.15) is 38.5 Å². The van der Waals surface area contributed by atoms with E-state index in [9.17, 15) is 14.7 Å². The molecule has 1 heterocycles. The number of carboxylic acids is 1. The first kappa shape index (κ1) is 14.2. The van der Waals surface area contributed by atoms with Crippen molar-refractivity contribution in [2.24, 2.45) is 0 Å². The molecule has 0 bridgehead atoms. The highest BCUT2D eigenvalue weighted by molar-refractivity contribution is 5.93. The van der Waals surface area contributed by atoms with Gasteiger partial charge in [-0.05, 0) is 12.8 Å². The third-order valence-electron chi connectivity index (χ3n) is 3.54. The van der Waals surface area contributed by atoms with Crippen LogP contribution in [0.2, 0.25) is 0 Å². The minimum absolute atomic E-state index is 0.430. The zero-order valence-electron chi connectivity index (χ0n) is 11.1. The number of hydrogen-bond donors (Lipinski definition) is 3. The van der Waals surface area contributed by atoms with E-state index in [0.717, 1.165) is 25.7 Å². The first-order chi connectivity index (χ1) is 9.62. The summed E-state index contributed by atoms with van der Waals surface area (Å²) in [5.41, 5.74) is -0.741. The van der Waals surface area contributed by atoms with Gasteiger partial charge in [-0.3, -0.25) is 0 Å². The van der Waals surface area contributed by atoms with Crippen LogP contribution in [0.25, 0.3) is 0 Å². The smallest absolute Gasteiger partial charge is 0.329 e. The van der Waals surface area contributed by atoms with Gasteiger partial charge < -0.3 is 15.7 Å². The van der Waals surface area contributed by atoms with Gasteiger partial charge in [0.1, 0.15) is 11.9 Å². The van der Waals surface area contributed by atoms with Crippen molar-refractivity contribution in [2.75, 3.05) is 5.32 Å². The number of carbonyl (C=O) groups is 2. The Kier molecular flexibility index (Phi) is 4.49. The van der Waals surface area contributed by atoms with Gasteiger partial charge in [0, 0.05) is 0 Å². The molecule has 1 aromatic rings. The van der Waals surface area contributed by atoms with E-state index >= 15 is 0 Å². The molecule has 3 N–H and O–H groups in total. The summed E-state index contributed by atoms with van der Waals surface area (Å²) in [6.45, 7) is 0. The highest BCUT2D eigenvalue weighted by Crippen LogP contribution is 2.27. The fourth-order valence-electron chi connectivity index (χ4n) is 2.47. The molecule has 0 aliphatic heterocycles. The number of carbonyl (C=O) groups excluding carboxylic acids is 1. The molecule has 1 saturated carbocycles. The third kappa shape index (κ3) is 3.43. The second-order valence-corrected chi connectivity index (χ2v) is 5.01. The molecule has 0 unspecified atom stereocenters. The summed E-state index contributed by atoms with van der Waals surface area (Å²) >= 11 is 0. The molecule has 1 fully saturated rings. The molecule has 0 spiro atoms. The van der Waals surface area contributed by atoms with Crippen LogP contribution in [0.4, 0.5) is 10.5 Å². The van der Waals surface area contributed by atoms with E-state index in [1.165, 1.54) is 18.7 Å². The van der Waals surface area contributed by atoms with Crippen molar-refractivity contribution in [1.29, 1.82) is 0 Å². The Bertz CT molecular complexity index is 470. The molecule has 1 aromatic heterocycles. The number of aliphatic carboxylic acids is 1. The van der Waals surface area contributed by atoms with Crippen molar-refractivity contribution in [3.05, 3.63) is 18.7 Å². The van der Waals surface area contributed by atoms with Gasteiger partial charge in [-0.25, -0.2) is 19.6 Å². The largest absolute Gasteiger partial charge is 0.480 e. The van der Waals surface area contributed by atoms with Crippen molar-refractivity contribution < 1.29 is 14.7 Å². The van der Waals surface area contributed by atoms with Crippen LogP contribution in [-0.2, 0) is 4.79 Å². The lowest BCUT2D eigenvalue weighted by Gasteiger charge is -2.29. The molecule has 7 nitrogen and oxygen atoms in total. The van der Waals surface area contributed by atoms with Crippen LogP contribution < -0.4 is 10.6 Å². The van der Waals surface area contributed by atoms with Crippen molar-refractivity contribution in [3.8, 4) is 0 Å². The normalized spacial score (nSPS) is 17.8. The van der Waals surface area contributed by atoms with Crippen LogP contribution in [-0.4, -0.2) is 32.6 Å². The zero-order valence-corrected chi connectivity index (χ0v) is 11.1. The standard InChI is InChI=1S/C13H18N4O3/c18-11(19)13(5-3-1-2-4-6-13)17-12(20)16-10-7-14-9-15-8-10/h7-9H,1-6H2,(H,18,19)(H2,16,17,20). The van der Waals surface area contributed by atoms with Gasteiger partial charge in [0.25, 0.3) is 0 Å². The predicted octanol–water partition coefficient (Wildman–Crippen LogP) is 1.78. The van der Waals surface area contributed by atoms with Crippen LogP contribution in [0.15, 0.2) is 18.7 Å². The van der Waals surface area contributed by atoms with Gasteiger partial charge in [-0.15, -0.1) is 0 Å². The van der Waals surface area contributed by atoms with Gasteiger partial charge in [-0.2, -0.15) is 0 Å². The first-order valence-corrected chi connectivity index (χ1v) is 6.70. The number of aromatic nitrogens is 2. The average molecular weight is 278 g/mol. The SMILES string of the molecule is O=C(Nc1cncnc1)NC1(C(=O)O)CCCCCC1. The molecule has 0 saturated heterocycles. The first-order valence-electron chi connectivity index (χ1n) is 6.70. The predicted molar refractivity (Wildman–Crippen MR) is 72.3 cm³/mol. The van der Waals surface area contributed by atoms with E-state index in [1.807, 2.05) is 0 Å². The van der Waals surface area contributed by atoms with Crippen molar-refractivity contribution >= 4 is 17.7 Å². The van der Waals surface area contributed by atoms with Gasteiger partial charge in [0.15, 0.2) is 0 Å². The third-order valence-corrected chi connectivity index (χ3v) is 3.54. The Labute approximate surface area is 116 Å². The highest BCUT2D eigenvalue weighted by Gasteiger charge is 2.40. The van der Waals surface area contributed by atoms with E-state index < -0.39 is 17.5 Å². The lowest BCUT2D eigenvalue weighted by atomic mass is 9.90. The number of urea groups is 1. The van der Waals surface area contributed by atoms with Gasteiger partial charge in [0.2, 0.25) is 0 Å². The molecule has 1 aliphatic carbocycles. The Hall–Kier alpha value is -2.18. The van der Waals surface area contributed by atoms with Crippen molar-refractivity contribution in [3.63, 3.8) is 0 Å². The van der Waals surface area contributed by atoms with E-state index in [1.54, 1.807) is 0 Å². The fraction of sp³-hybridized carbons (Fsp3) is 0.538. The lowest BCUT2D eigenvalue weighted by molar-refractivity contribution is -0.145. The maximum atomic E-state index is 12.0. The van der Waals surface area contributed by atoms with E-state index in [2.05, 4.69) is 20.6 Å². The number of nitrogens with one attached hydrogen (secondary N) is 2. The summed E-state index contributed by atoms with van der Waals surface area (Å²) in [5.74, 6) is -0.973. The summed E-state index contributed by atoms with van der Waals surface area (Å²) in [6, 6.07) is -0.538. The number of hydrogen-bond acceptors (Lipinski definition) is 4. The fourth-order valence-corrected chi connectivity index (χ4v) is 2.47. The van der Waals surface area contributed by atoms with Gasteiger partial charge in [-0.1, -0.05) is 25.7 Å². The second kappa shape index (κ2) is 6.31. The van der Waals surface area contributed by atoms with E-state index in [4.69, 9.17) is 0 Å². The summed E-state index contributed by atoms with van der Waals surface area (Å²) in [7, 11) is 0. The topological polar surface area (TPSA) is 104 Å². The number of amides is 2. The van der Waals surface area contributed by atoms with Crippen LogP contribution in [0, 0.1) is 0 Å². The van der Waals surface area contributed by atoms with E-state index in [-0.39, 0.29) is 0 Å². The number of rotatable bonds is 3. The average Bonchev–Trinajstić information content (AvgIpc) is 2.66. The zero-order chi connectivity index (χ0) is 14.4. The summed E-state index contributed by atoms with van der Waals surface area (Å²) in [4.78, 5) is 31.1. The number of anilines is 1. The highest BCUT2D eigenvalue weighted by atomic mass is 16.4. The lowest BCUT2D eigenvalue weighted by Crippen LogP contribution is -2.55. The molecule has 0 aromatic carbocycles. The Balaban J connectivity index is 2.04. The molecule has 0 radical (unpaired) electrons. The van der Waals surface area contributed by atoms with Crippen LogP contribution in [0.5, 0.6) is 0 Å². The van der Waals surface area contributed by atoms with E-state index in [0.29, 0.717) is 18.5 Å². The number of carboxylic acid groups (broad SMARTS) is 1. The second-order valence-electron chi connectivity index (χ2n) is 5.01. The molecule has 7 heteroatoms. The minimum atomic E-state index is -1.17. The van der Waals surface area contributed by atoms with Crippen molar-refractivity contribution in [2.45, 2.75) is 44.1 Å². The van der Waals surface area contributed by atoms with Crippen LogP contribution in [0.3, 0.4) is 0 Å². The molecular weight excluding hydrogens is 260 g/mol. The Morgan fingerprint density at radius 1 is 1.10 bits per heavy atom. The van der Waals surface area contributed by atoms with Gasteiger partial charge >= 0.3 is 12.0 Å². The van der Waals surface area contributed by atoms with Crippen molar-refractivity contribution in [1.82, 2.24) is 15.3 Å². The Morgan fingerprint density at radius 2 is 1.70 bits per heavy atom.